The molecule has 0 aliphatic heterocycles. The van der Waals surface area contributed by atoms with Crippen molar-refractivity contribution in [2.75, 3.05) is 32.6 Å². The lowest BCUT2D eigenvalue weighted by Gasteiger charge is -2.36. The van der Waals surface area contributed by atoms with E-state index in [0.29, 0.717) is 17.1 Å². The summed E-state index contributed by atoms with van der Waals surface area (Å²) in [6.45, 7) is -0.148. The summed E-state index contributed by atoms with van der Waals surface area (Å²) < 4.78 is 61.1. The molecule has 0 radical (unpaired) electrons. The zero-order valence-corrected chi connectivity index (χ0v) is 24.1. The van der Waals surface area contributed by atoms with E-state index in [0.717, 1.165) is 53.5 Å². The van der Waals surface area contributed by atoms with Crippen LogP contribution in [-0.4, -0.2) is 58.8 Å². The van der Waals surface area contributed by atoms with Crippen molar-refractivity contribution < 1.29 is 27.0 Å². The first-order valence-electron chi connectivity index (χ1n) is 12.1. The minimum absolute atomic E-state index is 0.0224. The van der Waals surface area contributed by atoms with Crippen LogP contribution in [0.1, 0.15) is 31.2 Å². The number of thiazole rings is 1. The van der Waals surface area contributed by atoms with E-state index in [-0.39, 0.29) is 34.6 Å². The molecule has 1 heterocycles. The minimum atomic E-state index is -4.42. The molecule has 1 fully saturated rings. The summed E-state index contributed by atoms with van der Waals surface area (Å²) in [5.41, 5.74) is 0.547. The lowest BCUT2D eigenvalue weighted by Crippen LogP contribution is -2.44. The van der Waals surface area contributed by atoms with E-state index in [1.54, 1.807) is 23.6 Å². The van der Waals surface area contributed by atoms with Crippen molar-refractivity contribution in [3.8, 4) is 17.2 Å². The molecule has 1 aliphatic carbocycles. The summed E-state index contributed by atoms with van der Waals surface area (Å²) in [4.78, 5) is 5.71. The molecule has 1 aromatic heterocycles. The number of halogens is 2. The molecule has 1 saturated carbocycles. The van der Waals surface area contributed by atoms with Gasteiger partial charge >= 0.3 is 0 Å². The number of hydrogen-bond donors (Lipinski definition) is 0. The van der Waals surface area contributed by atoms with Crippen LogP contribution >= 0.6 is 22.9 Å². The van der Waals surface area contributed by atoms with Crippen molar-refractivity contribution in [3.05, 3.63) is 58.3 Å². The second-order valence-electron chi connectivity index (χ2n) is 9.19. The highest BCUT2D eigenvalue weighted by Crippen LogP contribution is 2.37. The van der Waals surface area contributed by atoms with E-state index >= 15 is 4.39 Å². The molecule has 2 aromatic carbocycles. The first-order chi connectivity index (χ1) is 18.1. The summed E-state index contributed by atoms with van der Waals surface area (Å²) >= 11 is 7.61. The number of nitrogens with zero attached hydrogens (tertiary/aromatic N) is 3. The Morgan fingerprint density at radius 3 is 2.53 bits per heavy atom. The molecule has 0 N–H and O–H groups in total. The maximum absolute atomic E-state index is 15.5. The maximum atomic E-state index is 15.5. The number of benzene rings is 2. The van der Waals surface area contributed by atoms with Crippen molar-refractivity contribution in [3.63, 3.8) is 0 Å². The van der Waals surface area contributed by atoms with E-state index in [2.05, 4.69) is 9.88 Å². The topological polar surface area (TPSA) is 81.2 Å². The molecule has 0 bridgehead atoms. The van der Waals surface area contributed by atoms with Gasteiger partial charge in [-0.3, -0.25) is 0 Å². The van der Waals surface area contributed by atoms with Crippen LogP contribution in [0.25, 0.3) is 0 Å². The van der Waals surface area contributed by atoms with Gasteiger partial charge in [0, 0.05) is 35.3 Å². The third-order valence-corrected chi connectivity index (χ3v) is 9.56. The van der Waals surface area contributed by atoms with Gasteiger partial charge in [-0.2, -0.15) is 0 Å². The summed E-state index contributed by atoms with van der Waals surface area (Å²) in [6.07, 6.45) is 5.17. The Labute approximate surface area is 232 Å². The third-order valence-electron chi connectivity index (χ3n) is 6.60. The van der Waals surface area contributed by atoms with Crippen molar-refractivity contribution in [2.24, 2.45) is 0 Å². The number of likely N-dealkylation sites (N-methyl/N-ethyl adjacent to an activating group) is 1. The Balaban J connectivity index is 1.69. The number of anilines is 1. The molecule has 2 atom stereocenters. The van der Waals surface area contributed by atoms with Crippen molar-refractivity contribution >= 4 is 38.1 Å². The molecule has 0 saturated heterocycles. The first kappa shape index (κ1) is 28.4. The summed E-state index contributed by atoms with van der Waals surface area (Å²) in [5, 5.41) is 1.85. The van der Waals surface area contributed by atoms with Crippen LogP contribution in [0.3, 0.4) is 0 Å². The quantitative estimate of drug-likeness (QED) is 0.307. The first-order valence-corrected chi connectivity index (χ1v) is 14.8. The summed E-state index contributed by atoms with van der Waals surface area (Å²) in [6, 6.07) is 7.37. The summed E-state index contributed by atoms with van der Waals surface area (Å²) in [5.74, 6) is 0.146. The third kappa shape index (κ3) is 6.01. The van der Waals surface area contributed by atoms with Crippen LogP contribution < -0.4 is 18.5 Å². The standard InChI is InChI=1S/C26H31ClFN3O5S2/c1-30(2)21-7-5-6-8-22(21)36-24-15-20(28)25(14-19(24)27)38(32,33)31(26-29-11-12-37-26)16-17-9-10-18(34-3)13-23(17)35-4/h9-15,21-22H,5-8,16H2,1-4H3/t21-,22-/m0/s1. The molecule has 12 heteroatoms. The Bertz CT molecular complexity index is 1360. The molecule has 1 aliphatic rings. The van der Waals surface area contributed by atoms with Gasteiger partial charge in [0.25, 0.3) is 10.0 Å². The monoisotopic (exact) mass is 583 g/mol. The molecule has 0 unspecified atom stereocenters. The number of rotatable bonds is 10. The highest BCUT2D eigenvalue weighted by molar-refractivity contribution is 7.93. The Hall–Kier alpha value is -2.60. The van der Waals surface area contributed by atoms with Crippen LogP contribution in [0.2, 0.25) is 5.02 Å². The van der Waals surface area contributed by atoms with Gasteiger partial charge in [0.15, 0.2) is 5.13 Å². The lowest BCUT2D eigenvalue weighted by atomic mass is 9.91. The normalized spacial score (nSPS) is 17.9. The molecule has 0 amide bonds. The van der Waals surface area contributed by atoms with Crippen molar-refractivity contribution in [1.29, 1.82) is 0 Å². The molecule has 206 valence electrons. The summed E-state index contributed by atoms with van der Waals surface area (Å²) in [7, 11) is 2.55. The van der Waals surface area contributed by atoms with Gasteiger partial charge in [0.1, 0.15) is 34.1 Å². The van der Waals surface area contributed by atoms with E-state index in [1.165, 1.54) is 20.4 Å². The number of sulfonamides is 1. The predicted molar refractivity (Wildman–Crippen MR) is 147 cm³/mol. The van der Waals surface area contributed by atoms with Crippen molar-refractivity contribution in [2.45, 2.75) is 49.3 Å². The fourth-order valence-corrected chi connectivity index (χ4v) is 7.23. The largest absolute Gasteiger partial charge is 0.497 e. The Morgan fingerprint density at radius 1 is 1.11 bits per heavy atom. The number of ether oxygens (including phenoxy) is 3. The van der Waals surface area contributed by atoms with Gasteiger partial charge < -0.3 is 19.1 Å². The van der Waals surface area contributed by atoms with Crippen molar-refractivity contribution in [1.82, 2.24) is 9.88 Å². The van der Waals surface area contributed by atoms with Crippen LogP contribution in [0.4, 0.5) is 9.52 Å². The van der Waals surface area contributed by atoms with E-state index in [1.807, 2.05) is 14.1 Å². The molecule has 38 heavy (non-hydrogen) atoms. The predicted octanol–water partition coefficient (Wildman–Crippen LogP) is 5.60. The zero-order chi connectivity index (χ0) is 27.4. The fourth-order valence-electron chi connectivity index (χ4n) is 4.62. The Morgan fingerprint density at radius 2 is 1.87 bits per heavy atom. The highest BCUT2D eigenvalue weighted by atomic mass is 35.5. The Kier molecular flexibility index (Phi) is 9.02. The molecular formula is C26H31ClFN3O5S2. The van der Waals surface area contributed by atoms with Gasteiger partial charge in [0.2, 0.25) is 0 Å². The van der Waals surface area contributed by atoms with Gasteiger partial charge in [0.05, 0.1) is 25.8 Å². The maximum Gasteiger partial charge on any atom is 0.269 e. The molecule has 8 nitrogen and oxygen atoms in total. The average Bonchev–Trinajstić information content (AvgIpc) is 3.43. The van der Waals surface area contributed by atoms with Gasteiger partial charge in [-0.15, -0.1) is 11.3 Å². The van der Waals surface area contributed by atoms with E-state index in [4.69, 9.17) is 25.8 Å². The van der Waals surface area contributed by atoms with Crippen LogP contribution in [0, 0.1) is 5.82 Å². The van der Waals surface area contributed by atoms with Gasteiger partial charge in [-0.05, 0) is 51.6 Å². The van der Waals surface area contributed by atoms with Crippen LogP contribution in [0.5, 0.6) is 17.2 Å². The van der Waals surface area contributed by atoms with Crippen LogP contribution in [-0.2, 0) is 16.6 Å². The van der Waals surface area contributed by atoms with E-state index < -0.39 is 20.7 Å². The van der Waals surface area contributed by atoms with Gasteiger partial charge in [-0.25, -0.2) is 22.1 Å². The second kappa shape index (κ2) is 12.1. The van der Waals surface area contributed by atoms with Crippen LogP contribution in [0.15, 0.2) is 46.8 Å². The van der Waals surface area contributed by atoms with E-state index in [9.17, 15) is 8.42 Å². The minimum Gasteiger partial charge on any atom is -0.497 e. The fraction of sp³-hybridized carbons (Fsp3) is 0.423. The molecule has 4 rings (SSSR count). The number of hydrogen-bond acceptors (Lipinski definition) is 8. The SMILES string of the molecule is COc1ccc(CN(c2nccs2)S(=O)(=O)c2cc(Cl)c(O[C@H]3CCCC[C@@H]3N(C)C)cc2F)c(OC)c1. The average molecular weight is 584 g/mol. The number of methoxy groups -OCH3 is 2. The highest BCUT2D eigenvalue weighted by Gasteiger charge is 2.33. The smallest absolute Gasteiger partial charge is 0.269 e. The zero-order valence-electron chi connectivity index (χ0n) is 21.7. The van der Waals surface area contributed by atoms with Gasteiger partial charge in [-0.1, -0.05) is 18.0 Å². The number of aromatic nitrogens is 1. The molecule has 3 aromatic rings. The second-order valence-corrected chi connectivity index (χ2v) is 12.3. The lowest BCUT2D eigenvalue weighted by molar-refractivity contribution is 0.0620. The molecular weight excluding hydrogens is 553 g/mol. The molecule has 0 spiro atoms.